The minimum atomic E-state index is -0.0739. The van der Waals surface area contributed by atoms with Gasteiger partial charge in [-0.3, -0.25) is 4.90 Å². The largest absolute Gasteiger partial charge is 0.384 e. The maximum Gasteiger partial charge on any atom is 0.104 e. The highest BCUT2D eigenvalue weighted by Crippen LogP contribution is 2.18. The first-order valence-corrected chi connectivity index (χ1v) is 7.88. The molecule has 0 unspecified atom stereocenters. The van der Waals surface area contributed by atoms with Gasteiger partial charge in [0.25, 0.3) is 0 Å². The van der Waals surface area contributed by atoms with Gasteiger partial charge < -0.3 is 10.0 Å². The van der Waals surface area contributed by atoms with E-state index in [2.05, 4.69) is 55.6 Å². The first kappa shape index (κ1) is 17.2. The van der Waals surface area contributed by atoms with Crippen LogP contribution in [0, 0.1) is 17.8 Å². The third-order valence-corrected chi connectivity index (χ3v) is 3.80. The summed E-state index contributed by atoms with van der Waals surface area (Å²) >= 11 is 1.72. The average Bonchev–Trinajstić information content (AvgIpc) is 2.80. The number of aliphatic hydroxyl groups excluding tert-OH is 1. The van der Waals surface area contributed by atoms with Crippen molar-refractivity contribution in [1.29, 1.82) is 0 Å². The normalized spacial score (nSPS) is 11.2. The van der Waals surface area contributed by atoms with Crippen molar-refractivity contribution in [2.45, 2.75) is 20.4 Å². The van der Waals surface area contributed by atoms with E-state index >= 15 is 0 Å². The second-order valence-corrected chi connectivity index (χ2v) is 6.83. The van der Waals surface area contributed by atoms with Crippen molar-refractivity contribution in [2.75, 3.05) is 40.3 Å². The lowest BCUT2D eigenvalue weighted by Gasteiger charge is -2.25. The molecule has 1 aromatic rings. The van der Waals surface area contributed by atoms with Crippen LogP contribution in [0.15, 0.2) is 12.1 Å². The standard InChI is InChI=1S/C16H26N2OS/c1-14(2)12-18(10-9-17(3)4)13-16-8-7-15(20-16)6-5-11-19/h7-8,14,19H,9-13H2,1-4H3. The van der Waals surface area contributed by atoms with Crippen molar-refractivity contribution >= 4 is 11.3 Å². The molecule has 0 bridgehead atoms. The molecule has 1 heterocycles. The summed E-state index contributed by atoms with van der Waals surface area (Å²) in [5.41, 5.74) is 0. The number of thiophene rings is 1. The van der Waals surface area contributed by atoms with E-state index in [1.165, 1.54) is 4.88 Å². The van der Waals surface area contributed by atoms with E-state index in [1.54, 1.807) is 11.3 Å². The van der Waals surface area contributed by atoms with Crippen molar-refractivity contribution in [1.82, 2.24) is 9.80 Å². The maximum absolute atomic E-state index is 8.72. The summed E-state index contributed by atoms with van der Waals surface area (Å²) in [4.78, 5) is 7.09. The van der Waals surface area contributed by atoms with Crippen molar-refractivity contribution in [2.24, 2.45) is 5.92 Å². The van der Waals surface area contributed by atoms with Crippen LogP contribution in [0.2, 0.25) is 0 Å². The van der Waals surface area contributed by atoms with Gasteiger partial charge in [0.2, 0.25) is 0 Å². The number of nitrogens with zero attached hydrogens (tertiary/aromatic N) is 2. The molecule has 3 nitrogen and oxygen atoms in total. The first-order valence-electron chi connectivity index (χ1n) is 7.06. The monoisotopic (exact) mass is 294 g/mol. The highest BCUT2D eigenvalue weighted by molar-refractivity contribution is 7.12. The fraction of sp³-hybridized carbons (Fsp3) is 0.625. The van der Waals surface area contributed by atoms with Crippen LogP contribution in [-0.4, -0.2) is 55.2 Å². The van der Waals surface area contributed by atoms with Gasteiger partial charge in [-0.15, -0.1) is 11.3 Å². The van der Waals surface area contributed by atoms with Gasteiger partial charge in [0.1, 0.15) is 6.61 Å². The average molecular weight is 294 g/mol. The van der Waals surface area contributed by atoms with Gasteiger partial charge in [0.15, 0.2) is 0 Å². The van der Waals surface area contributed by atoms with E-state index < -0.39 is 0 Å². The van der Waals surface area contributed by atoms with E-state index in [1.807, 2.05) is 6.07 Å². The predicted octanol–water partition coefficient (Wildman–Crippen LogP) is 2.11. The lowest BCUT2D eigenvalue weighted by atomic mass is 10.2. The smallest absolute Gasteiger partial charge is 0.104 e. The SMILES string of the molecule is CC(C)CN(CCN(C)C)Cc1ccc(C#CCO)s1. The zero-order valence-electron chi connectivity index (χ0n) is 13.0. The maximum atomic E-state index is 8.72. The van der Waals surface area contributed by atoms with Crippen LogP contribution in [0.25, 0.3) is 0 Å². The first-order chi connectivity index (χ1) is 9.51. The Morgan fingerprint density at radius 1 is 1.25 bits per heavy atom. The van der Waals surface area contributed by atoms with Gasteiger partial charge in [-0.1, -0.05) is 25.7 Å². The molecule has 0 fully saturated rings. The Kier molecular flexibility index (Phi) is 7.86. The van der Waals surface area contributed by atoms with E-state index in [9.17, 15) is 0 Å². The van der Waals surface area contributed by atoms with Gasteiger partial charge in [-0.2, -0.15) is 0 Å². The molecule has 0 amide bonds. The molecule has 0 spiro atoms. The van der Waals surface area contributed by atoms with E-state index in [0.717, 1.165) is 31.1 Å². The molecule has 0 aliphatic carbocycles. The van der Waals surface area contributed by atoms with Crippen molar-refractivity contribution in [3.63, 3.8) is 0 Å². The Morgan fingerprint density at radius 3 is 2.60 bits per heavy atom. The van der Waals surface area contributed by atoms with Gasteiger partial charge in [0, 0.05) is 31.1 Å². The Labute approximate surface area is 127 Å². The molecular weight excluding hydrogens is 268 g/mol. The molecule has 0 aromatic carbocycles. The Morgan fingerprint density at radius 2 is 2.00 bits per heavy atom. The molecule has 1 N–H and O–H groups in total. The molecule has 1 rings (SSSR count). The van der Waals surface area contributed by atoms with E-state index in [-0.39, 0.29) is 6.61 Å². The molecule has 20 heavy (non-hydrogen) atoms. The van der Waals surface area contributed by atoms with Gasteiger partial charge in [-0.25, -0.2) is 0 Å². The molecule has 0 saturated heterocycles. The fourth-order valence-electron chi connectivity index (χ4n) is 1.97. The second-order valence-electron chi connectivity index (χ2n) is 5.66. The molecule has 4 heteroatoms. The van der Waals surface area contributed by atoms with Crippen molar-refractivity contribution in [3.05, 3.63) is 21.9 Å². The van der Waals surface area contributed by atoms with Crippen LogP contribution in [0.5, 0.6) is 0 Å². The molecule has 0 atom stereocenters. The Hall–Kier alpha value is -0.860. The van der Waals surface area contributed by atoms with Crippen molar-refractivity contribution in [3.8, 4) is 11.8 Å². The minimum Gasteiger partial charge on any atom is -0.384 e. The number of hydrogen-bond acceptors (Lipinski definition) is 4. The number of likely N-dealkylation sites (N-methyl/N-ethyl adjacent to an activating group) is 1. The lowest BCUT2D eigenvalue weighted by Crippen LogP contribution is -2.33. The zero-order valence-corrected chi connectivity index (χ0v) is 13.8. The summed E-state index contributed by atoms with van der Waals surface area (Å²) in [7, 11) is 4.22. The van der Waals surface area contributed by atoms with Crippen LogP contribution in [-0.2, 0) is 6.54 Å². The lowest BCUT2D eigenvalue weighted by molar-refractivity contribution is 0.213. The van der Waals surface area contributed by atoms with E-state index in [4.69, 9.17) is 5.11 Å². The third-order valence-electron chi connectivity index (χ3n) is 2.82. The van der Waals surface area contributed by atoms with Gasteiger partial charge in [0.05, 0.1) is 4.88 Å². The Bertz CT molecular complexity index is 443. The minimum absolute atomic E-state index is 0.0739. The highest BCUT2D eigenvalue weighted by Gasteiger charge is 2.10. The number of aliphatic hydroxyl groups is 1. The quantitative estimate of drug-likeness (QED) is 0.780. The summed E-state index contributed by atoms with van der Waals surface area (Å²) in [6.07, 6.45) is 0. The number of hydrogen-bond donors (Lipinski definition) is 1. The van der Waals surface area contributed by atoms with Crippen LogP contribution in [0.4, 0.5) is 0 Å². The predicted molar refractivity (Wildman–Crippen MR) is 87.0 cm³/mol. The molecule has 0 aliphatic rings. The van der Waals surface area contributed by atoms with Crippen molar-refractivity contribution < 1.29 is 5.11 Å². The zero-order chi connectivity index (χ0) is 15.0. The van der Waals surface area contributed by atoms with E-state index in [0.29, 0.717) is 5.92 Å². The molecule has 0 saturated carbocycles. The molecular formula is C16H26N2OS. The molecule has 112 valence electrons. The topological polar surface area (TPSA) is 26.7 Å². The van der Waals surface area contributed by atoms with Crippen LogP contribution < -0.4 is 0 Å². The summed E-state index contributed by atoms with van der Waals surface area (Å²) in [6.45, 7) is 8.71. The third kappa shape index (κ3) is 7.06. The van der Waals surface area contributed by atoms with Gasteiger partial charge in [-0.05, 0) is 32.1 Å². The molecule has 1 aromatic heterocycles. The second kappa shape index (κ2) is 9.15. The van der Waals surface area contributed by atoms with Crippen LogP contribution >= 0.6 is 11.3 Å². The number of rotatable bonds is 7. The summed E-state index contributed by atoms with van der Waals surface area (Å²) in [6, 6.07) is 4.19. The summed E-state index contributed by atoms with van der Waals surface area (Å²) < 4.78 is 0. The van der Waals surface area contributed by atoms with Gasteiger partial charge >= 0.3 is 0 Å². The summed E-state index contributed by atoms with van der Waals surface area (Å²) in [5.74, 6) is 6.34. The molecule has 0 aliphatic heterocycles. The van der Waals surface area contributed by atoms with Crippen LogP contribution in [0.3, 0.4) is 0 Å². The van der Waals surface area contributed by atoms with Crippen LogP contribution in [0.1, 0.15) is 23.6 Å². The molecule has 0 radical (unpaired) electrons. The Balaban J connectivity index is 2.60. The summed E-state index contributed by atoms with van der Waals surface area (Å²) in [5, 5.41) is 8.72. The highest BCUT2D eigenvalue weighted by atomic mass is 32.1. The fourth-order valence-corrected chi connectivity index (χ4v) is 2.89.